The van der Waals surface area contributed by atoms with Crippen molar-refractivity contribution in [1.29, 1.82) is 0 Å². The number of aromatic nitrogens is 2. The molecule has 1 fully saturated rings. The normalized spacial score (nSPS) is 20.3. The van der Waals surface area contributed by atoms with Crippen molar-refractivity contribution >= 4 is 22.9 Å². The van der Waals surface area contributed by atoms with Gasteiger partial charge in [-0.1, -0.05) is 24.3 Å². The minimum Gasteiger partial charge on any atom is -0.372 e. The molecule has 26 heavy (non-hydrogen) atoms. The topological polar surface area (TPSA) is 55.3 Å². The van der Waals surface area contributed by atoms with E-state index in [1.54, 1.807) is 12.4 Å². The molecule has 5 nitrogen and oxygen atoms in total. The van der Waals surface area contributed by atoms with Gasteiger partial charge < -0.3 is 9.64 Å². The summed E-state index contributed by atoms with van der Waals surface area (Å²) in [5, 5.41) is 1.05. The van der Waals surface area contributed by atoms with Gasteiger partial charge in [-0.3, -0.25) is 14.8 Å². The first-order valence-electron chi connectivity index (χ1n) is 8.85. The van der Waals surface area contributed by atoms with Crippen LogP contribution >= 0.6 is 0 Å². The number of fused-ring (bicyclic) bond motifs is 1. The molecule has 0 N–H and O–H groups in total. The number of carbonyl (C=O) groups excluding carboxylic acids is 1. The molecule has 132 valence electrons. The smallest absolute Gasteiger partial charge is 0.152 e. The monoisotopic (exact) mass is 347 g/mol. The van der Waals surface area contributed by atoms with Crippen molar-refractivity contribution < 1.29 is 9.53 Å². The predicted molar refractivity (Wildman–Crippen MR) is 103 cm³/mol. The molecule has 0 unspecified atom stereocenters. The molecule has 0 aliphatic carbocycles. The Hall–Kier alpha value is -2.79. The maximum absolute atomic E-state index is 11.8. The summed E-state index contributed by atoms with van der Waals surface area (Å²) in [6.07, 6.45) is 4.73. The lowest BCUT2D eigenvalue weighted by Crippen LogP contribution is -2.45. The van der Waals surface area contributed by atoms with Gasteiger partial charge in [0, 0.05) is 35.8 Å². The van der Waals surface area contributed by atoms with Gasteiger partial charge in [-0.05, 0) is 26.0 Å². The first-order valence-corrected chi connectivity index (χ1v) is 8.85. The zero-order chi connectivity index (χ0) is 18.1. The Labute approximate surface area is 152 Å². The first-order chi connectivity index (χ1) is 12.7. The molecule has 0 bridgehead atoms. The molecule has 4 rings (SSSR count). The van der Waals surface area contributed by atoms with Crippen LogP contribution < -0.4 is 4.90 Å². The second-order valence-corrected chi connectivity index (χ2v) is 6.79. The minimum absolute atomic E-state index is 0.125. The number of hydrogen-bond donors (Lipinski definition) is 0. The van der Waals surface area contributed by atoms with Gasteiger partial charge in [-0.25, -0.2) is 0 Å². The predicted octanol–water partition coefficient (Wildman–Crippen LogP) is 3.72. The molecule has 3 heterocycles. The zero-order valence-electron chi connectivity index (χ0n) is 14.9. The highest BCUT2D eigenvalue weighted by Crippen LogP contribution is 2.30. The Morgan fingerprint density at radius 1 is 1.12 bits per heavy atom. The fraction of sp³-hybridized carbons (Fsp3) is 0.286. The molecule has 0 radical (unpaired) electrons. The van der Waals surface area contributed by atoms with Crippen molar-refractivity contribution in [2.75, 3.05) is 18.0 Å². The van der Waals surface area contributed by atoms with Gasteiger partial charge >= 0.3 is 0 Å². The number of para-hydroxylation sites is 1. The summed E-state index contributed by atoms with van der Waals surface area (Å²) >= 11 is 0. The number of rotatable bonds is 3. The van der Waals surface area contributed by atoms with E-state index in [4.69, 9.17) is 4.74 Å². The van der Waals surface area contributed by atoms with Crippen LogP contribution in [0.15, 0.2) is 48.8 Å². The Bertz CT molecular complexity index is 942. The number of anilines is 1. The maximum Gasteiger partial charge on any atom is 0.152 e. The minimum atomic E-state index is 0.125. The summed E-state index contributed by atoms with van der Waals surface area (Å²) in [5.74, 6) is 0. The van der Waals surface area contributed by atoms with Crippen LogP contribution in [0.25, 0.3) is 22.2 Å². The van der Waals surface area contributed by atoms with Crippen molar-refractivity contribution in [3.05, 3.63) is 54.4 Å². The van der Waals surface area contributed by atoms with E-state index in [2.05, 4.69) is 14.9 Å². The lowest BCUT2D eigenvalue weighted by atomic mass is 10.0. The summed E-state index contributed by atoms with van der Waals surface area (Å²) in [5.41, 5.74) is 4.08. The Morgan fingerprint density at radius 2 is 1.88 bits per heavy atom. The van der Waals surface area contributed by atoms with E-state index >= 15 is 0 Å². The van der Waals surface area contributed by atoms with E-state index in [1.807, 2.05) is 50.2 Å². The number of pyridine rings is 2. The van der Waals surface area contributed by atoms with Crippen LogP contribution in [-0.4, -0.2) is 41.6 Å². The first kappa shape index (κ1) is 16.7. The summed E-state index contributed by atoms with van der Waals surface area (Å²) in [6.45, 7) is 5.60. The average Bonchev–Trinajstić information content (AvgIpc) is 2.66. The van der Waals surface area contributed by atoms with E-state index in [1.165, 1.54) is 0 Å². The third-order valence-electron chi connectivity index (χ3n) is 4.71. The third-order valence-corrected chi connectivity index (χ3v) is 4.71. The highest BCUT2D eigenvalue weighted by atomic mass is 16.5. The van der Waals surface area contributed by atoms with Crippen molar-refractivity contribution in [1.82, 2.24) is 9.97 Å². The number of aldehydes is 1. The molecule has 2 atom stereocenters. The number of morpholine rings is 1. The summed E-state index contributed by atoms with van der Waals surface area (Å²) in [7, 11) is 0. The number of carbonyl (C=O) groups is 1. The molecule has 1 aliphatic heterocycles. The van der Waals surface area contributed by atoms with Crippen LogP contribution in [0, 0.1) is 0 Å². The maximum atomic E-state index is 11.8. The van der Waals surface area contributed by atoms with Gasteiger partial charge in [0.05, 0.1) is 35.3 Å². The lowest BCUT2D eigenvalue weighted by Gasteiger charge is -2.37. The molecular weight excluding hydrogens is 326 g/mol. The zero-order valence-corrected chi connectivity index (χ0v) is 14.9. The number of ether oxygens (including phenoxy) is 1. The van der Waals surface area contributed by atoms with Crippen LogP contribution in [-0.2, 0) is 4.74 Å². The SMILES string of the molecule is C[C@@H]1CN(c2cnc(-c3cccc4cccnc34)cc2C=O)C[C@H](C)O1. The van der Waals surface area contributed by atoms with Gasteiger partial charge in [0.2, 0.25) is 0 Å². The standard InChI is InChI=1S/C21H21N3O2/c1-14-11-24(12-15(2)26-14)20-10-23-19(9-17(20)13-25)18-7-3-5-16-6-4-8-22-21(16)18/h3-10,13-15H,11-12H2,1-2H3/t14-,15+. The number of hydrogen-bond acceptors (Lipinski definition) is 5. The van der Waals surface area contributed by atoms with Crippen molar-refractivity contribution in [2.24, 2.45) is 0 Å². The molecule has 3 aromatic rings. The van der Waals surface area contributed by atoms with Crippen molar-refractivity contribution in [3.8, 4) is 11.3 Å². The third kappa shape index (κ3) is 3.06. The van der Waals surface area contributed by atoms with E-state index in [9.17, 15) is 4.79 Å². The highest BCUT2D eigenvalue weighted by molar-refractivity contribution is 5.94. The fourth-order valence-corrected chi connectivity index (χ4v) is 3.66. The molecule has 1 aromatic carbocycles. The number of nitrogens with zero attached hydrogens (tertiary/aromatic N) is 3. The molecular formula is C21H21N3O2. The van der Waals surface area contributed by atoms with E-state index in [0.29, 0.717) is 5.56 Å². The largest absolute Gasteiger partial charge is 0.372 e. The van der Waals surface area contributed by atoms with E-state index in [0.717, 1.165) is 47.2 Å². The molecule has 0 spiro atoms. The van der Waals surface area contributed by atoms with Crippen LogP contribution in [0.3, 0.4) is 0 Å². The Kier molecular flexibility index (Phi) is 4.39. The van der Waals surface area contributed by atoms with Crippen LogP contribution in [0.2, 0.25) is 0 Å². The van der Waals surface area contributed by atoms with Gasteiger partial charge in [-0.15, -0.1) is 0 Å². The molecule has 1 saturated heterocycles. The summed E-state index contributed by atoms with van der Waals surface area (Å²) in [6, 6.07) is 11.8. The van der Waals surface area contributed by atoms with Gasteiger partial charge in [0.25, 0.3) is 0 Å². The molecule has 1 aliphatic rings. The lowest BCUT2D eigenvalue weighted by molar-refractivity contribution is -0.00527. The fourth-order valence-electron chi connectivity index (χ4n) is 3.66. The van der Waals surface area contributed by atoms with Crippen molar-refractivity contribution in [3.63, 3.8) is 0 Å². The number of benzene rings is 1. The molecule has 2 aromatic heterocycles. The molecule has 0 saturated carbocycles. The Balaban J connectivity index is 1.77. The van der Waals surface area contributed by atoms with Crippen molar-refractivity contribution in [2.45, 2.75) is 26.1 Å². The highest BCUT2D eigenvalue weighted by Gasteiger charge is 2.24. The summed E-state index contributed by atoms with van der Waals surface area (Å²) in [4.78, 5) is 23.1. The Morgan fingerprint density at radius 3 is 2.65 bits per heavy atom. The van der Waals surface area contributed by atoms with Crippen LogP contribution in [0.4, 0.5) is 5.69 Å². The quantitative estimate of drug-likeness (QED) is 0.676. The van der Waals surface area contributed by atoms with Gasteiger partial charge in [-0.2, -0.15) is 0 Å². The molecule has 5 heteroatoms. The van der Waals surface area contributed by atoms with E-state index < -0.39 is 0 Å². The second kappa shape index (κ2) is 6.84. The van der Waals surface area contributed by atoms with E-state index in [-0.39, 0.29) is 12.2 Å². The van der Waals surface area contributed by atoms with Crippen LogP contribution in [0.5, 0.6) is 0 Å². The van der Waals surface area contributed by atoms with Crippen LogP contribution in [0.1, 0.15) is 24.2 Å². The molecule has 0 amide bonds. The second-order valence-electron chi connectivity index (χ2n) is 6.79. The summed E-state index contributed by atoms with van der Waals surface area (Å²) < 4.78 is 5.79. The van der Waals surface area contributed by atoms with Gasteiger partial charge in [0.15, 0.2) is 6.29 Å². The van der Waals surface area contributed by atoms with Gasteiger partial charge in [0.1, 0.15) is 0 Å². The average molecular weight is 347 g/mol.